The number of hydrogen-bond acceptors (Lipinski definition) is 7. The molecule has 1 aromatic heterocycles. The lowest BCUT2D eigenvalue weighted by molar-refractivity contribution is -0.121. The maximum atomic E-state index is 12.5. The van der Waals surface area contributed by atoms with Gasteiger partial charge in [0.2, 0.25) is 5.91 Å². The van der Waals surface area contributed by atoms with Gasteiger partial charge in [-0.05, 0) is 86.3 Å². The van der Waals surface area contributed by atoms with E-state index < -0.39 is 0 Å². The van der Waals surface area contributed by atoms with Crippen molar-refractivity contribution in [3.05, 3.63) is 109 Å². The van der Waals surface area contributed by atoms with E-state index >= 15 is 0 Å². The summed E-state index contributed by atoms with van der Waals surface area (Å²) >= 11 is 25.5. The molecule has 0 saturated carbocycles. The molecule has 0 aliphatic carbocycles. The standard InChI is InChI=1S/C23H24Cl2N4OS.C12H16Cl2N2/c24-20-7-6-16(12-21(20)25)14-29-10-8-18(9-11-29)26-22(30)13-19-15-31-23(28-19)27-17-4-2-1-3-5-17;13-11-2-1-9(7-12(11)14)8-16-5-3-10(15)4-6-16/h1-7,12,15,18H,8-11,13-14H2,(H,26,30)(H,27,28);1-2,7,10H,3-6,8,15H2. The van der Waals surface area contributed by atoms with Crippen molar-refractivity contribution in [2.24, 2.45) is 5.73 Å². The molecular formula is C35H40Cl4N6OS. The van der Waals surface area contributed by atoms with Gasteiger partial charge < -0.3 is 16.4 Å². The van der Waals surface area contributed by atoms with E-state index in [0.717, 1.165) is 87.0 Å². The van der Waals surface area contributed by atoms with Gasteiger partial charge in [-0.3, -0.25) is 14.6 Å². The molecule has 0 radical (unpaired) electrons. The fourth-order valence-corrected chi connectivity index (χ4v) is 7.04. The third-order valence-corrected chi connectivity index (χ3v) is 10.6. The number of nitrogens with zero attached hydrogens (tertiary/aromatic N) is 3. The lowest BCUT2D eigenvalue weighted by atomic mass is 10.0. The van der Waals surface area contributed by atoms with Gasteiger partial charge in [0.15, 0.2) is 5.13 Å². The van der Waals surface area contributed by atoms with Gasteiger partial charge in [0, 0.05) is 49.3 Å². The van der Waals surface area contributed by atoms with Crippen LogP contribution >= 0.6 is 57.7 Å². The number of benzene rings is 3. The number of thiazole rings is 1. The van der Waals surface area contributed by atoms with Crippen LogP contribution in [0.4, 0.5) is 10.8 Å². The van der Waals surface area contributed by atoms with Crippen LogP contribution in [0, 0.1) is 0 Å². The fourth-order valence-electron chi connectivity index (χ4n) is 5.67. The average molecular weight is 735 g/mol. The van der Waals surface area contributed by atoms with E-state index in [-0.39, 0.29) is 11.9 Å². The van der Waals surface area contributed by atoms with Crippen molar-refractivity contribution in [1.29, 1.82) is 0 Å². The Bertz CT molecular complexity index is 1590. The molecule has 0 atom stereocenters. The third kappa shape index (κ3) is 11.6. The van der Waals surface area contributed by atoms with E-state index in [2.05, 4.69) is 25.4 Å². The van der Waals surface area contributed by atoms with Gasteiger partial charge in [-0.25, -0.2) is 4.98 Å². The Balaban J connectivity index is 0.000000227. The Labute approximate surface area is 301 Å². The number of rotatable bonds is 9. The molecule has 4 N–H and O–H groups in total. The molecule has 47 heavy (non-hydrogen) atoms. The summed E-state index contributed by atoms with van der Waals surface area (Å²) in [5, 5.41) is 11.6. The zero-order chi connectivity index (χ0) is 33.2. The van der Waals surface area contributed by atoms with E-state index in [1.807, 2.05) is 72.1 Å². The quantitative estimate of drug-likeness (QED) is 0.160. The summed E-state index contributed by atoms with van der Waals surface area (Å²) in [5.41, 5.74) is 10.0. The summed E-state index contributed by atoms with van der Waals surface area (Å²) in [6, 6.07) is 22.1. The molecule has 2 aliphatic rings. The van der Waals surface area contributed by atoms with E-state index in [1.165, 1.54) is 16.9 Å². The zero-order valence-corrected chi connectivity index (χ0v) is 29.9. The van der Waals surface area contributed by atoms with Gasteiger partial charge >= 0.3 is 0 Å². The summed E-state index contributed by atoms with van der Waals surface area (Å²) in [6.45, 7) is 5.79. The molecular weight excluding hydrogens is 694 g/mol. The highest BCUT2D eigenvalue weighted by Gasteiger charge is 2.21. The van der Waals surface area contributed by atoms with Crippen LogP contribution in [0.1, 0.15) is 42.5 Å². The first kappa shape index (κ1) is 35.9. The van der Waals surface area contributed by atoms with Crippen LogP contribution in [0.3, 0.4) is 0 Å². The van der Waals surface area contributed by atoms with Crippen molar-refractivity contribution < 1.29 is 4.79 Å². The van der Waals surface area contributed by atoms with Gasteiger partial charge in [-0.15, -0.1) is 11.3 Å². The minimum atomic E-state index is 0.0273. The van der Waals surface area contributed by atoms with Crippen LogP contribution in [0.25, 0.3) is 0 Å². The number of nitrogens with one attached hydrogen (secondary N) is 2. The maximum absolute atomic E-state index is 12.5. The third-order valence-electron chi connectivity index (χ3n) is 8.28. The van der Waals surface area contributed by atoms with Crippen molar-refractivity contribution in [3.8, 4) is 0 Å². The Kier molecular flexibility index (Phi) is 13.6. The van der Waals surface area contributed by atoms with Crippen molar-refractivity contribution in [3.63, 3.8) is 0 Å². The van der Waals surface area contributed by atoms with Crippen LogP contribution in [0.15, 0.2) is 72.1 Å². The molecule has 0 spiro atoms. The van der Waals surface area contributed by atoms with Crippen LogP contribution < -0.4 is 16.4 Å². The Morgan fingerprint density at radius 3 is 1.89 bits per heavy atom. The predicted molar refractivity (Wildman–Crippen MR) is 197 cm³/mol. The molecule has 6 rings (SSSR count). The Morgan fingerprint density at radius 1 is 0.787 bits per heavy atom. The fraction of sp³-hybridized carbons (Fsp3) is 0.371. The number of carbonyl (C=O) groups excluding carboxylic acids is 1. The van der Waals surface area contributed by atoms with Crippen molar-refractivity contribution >= 4 is 74.5 Å². The summed E-state index contributed by atoms with van der Waals surface area (Å²) in [5.74, 6) is 0.0273. The second-order valence-corrected chi connectivity index (χ2v) is 14.5. The van der Waals surface area contributed by atoms with Crippen LogP contribution in [0.2, 0.25) is 20.1 Å². The molecule has 0 unspecified atom stereocenters. The monoisotopic (exact) mass is 732 g/mol. The first-order valence-electron chi connectivity index (χ1n) is 15.8. The van der Waals surface area contributed by atoms with Gasteiger partial charge in [0.25, 0.3) is 0 Å². The largest absolute Gasteiger partial charge is 0.353 e. The van der Waals surface area contributed by atoms with Crippen LogP contribution in [-0.2, 0) is 24.3 Å². The number of piperidine rings is 2. The normalized spacial score (nSPS) is 16.4. The second kappa shape index (κ2) is 17.8. The number of carbonyl (C=O) groups is 1. The average Bonchev–Trinajstić information content (AvgIpc) is 3.50. The van der Waals surface area contributed by atoms with E-state index in [0.29, 0.717) is 32.6 Å². The van der Waals surface area contributed by atoms with Crippen molar-refractivity contribution in [1.82, 2.24) is 20.1 Å². The van der Waals surface area contributed by atoms with Crippen LogP contribution in [0.5, 0.6) is 0 Å². The highest BCUT2D eigenvalue weighted by molar-refractivity contribution is 7.13. The number of likely N-dealkylation sites (tertiary alicyclic amines) is 2. The molecule has 0 bridgehead atoms. The first-order valence-corrected chi connectivity index (χ1v) is 18.2. The lowest BCUT2D eigenvalue weighted by Crippen LogP contribution is -2.44. The smallest absolute Gasteiger partial charge is 0.226 e. The summed E-state index contributed by atoms with van der Waals surface area (Å²) in [6.07, 6.45) is 4.34. The van der Waals surface area contributed by atoms with Gasteiger partial charge in [0.1, 0.15) is 0 Å². The summed E-state index contributed by atoms with van der Waals surface area (Å²) in [7, 11) is 0. The Morgan fingerprint density at radius 2 is 1.34 bits per heavy atom. The molecule has 4 aromatic rings. The minimum Gasteiger partial charge on any atom is -0.353 e. The summed E-state index contributed by atoms with van der Waals surface area (Å²) in [4.78, 5) is 21.8. The molecule has 7 nitrogen and oxygen atoms in total. The SMILES string of the molecule is NC1CCN(Cc2ccc(Cl)c(Cl)c2)CC1.O=C(Cc1csc(Nc2ccccc2)n1)NC1CCN(Cc2ccc(Cl)c(Cl)c2)CC1. The van der Waals surface area contributed by atoms with Gasteiger partial charge in [-0.2, -0.15) is 0 Å². The second-order valence-electron chi connectivity index (χ2n) is 12.0. The number of anilines is 2. The van der Waals surface area contributed by atoms with Crippen molar-refractivity contribution in [2.45, 2.75) is 57.3 Å². The van der Waals surface area contributed by atoms with E-state index in [4.69, 9.17) is 52.1 Å². The molecule has 2 fully saturated rings. The zero-order valence-electron chi connectivity index (χ0n) is 26.1. The van der Waals surface area contributed by atoms with E-state index in [1.54, 1.807) is 0 Å². The number of hydrogen-bond donors (Lipinski definition) is 3. The van der Waals surface area contributed by atoms with Gasteiger partial charge in [-0.1, -0.05) is 76.7 Å². The number of nitrogens with two attached hydrogens (primary N) is 1. The molecule has 3 heterocycles. The van der Waals surface area contributed by atoms with Gasteiger partial charge in [0.05, 0.1) is 32.2 Å². The molecule has 1 amide bonds. The first-order chi connectivity index (χ1) is 22.7. The maximum Gasteiger partial charge on any atom is 0.226 e. The summed E-state index contributed by atoms with van der Waals surface area (Å²) < 4.78 is 0. The highest BCUT2D eigenvalue weighted by atomic mass is 35.5. The topological polar surface area (TPSA) is 86.5 Å². The highest BCUT2D eigenvalue weighted by Crippen LogP contribution is 2.26. The minimum absolute atomic E-state index is 0.0273. The predicted octanol–water partition coefficient (Wildman–Crippen LogP) is 8.43. The number of amides is 1. The van der Waals surface area contributed by atoms with Crippen LogP contribution in [-0.4, -0.2) is 59.0 Å². The molecule has 250 valence electrons. The molecule has 12 heteroatoms. The number of aromatic nitrogens is 1. The molecule has 2 saturated heterocycles. The van der Waals surface area contributed by atoms with Crippen molar-refractivity contribution in [2.75, 3.05) is 31.5 Å². The Hall–Kier alpha value is -2.40. The molecule has 2 aliphatic heterocycles. The number of para-hydroxylation sites is 1. The number of halogens is 4. The molecule has 3 aromatic carbocycles. The lowest BCUT2D eigenvalue weighted by Gasteiger charge is -2.32. The van der Waals surface area contributed by atoms with E-state index in [9.17, 15) is 4.79 Å².